The lowest BCUT2D eigenvalue weighted by Gasteiger charge is -2.16. The fraction of sp³-hybridized carbons (Fsp3) is 0.600. The van der Waals surface area contributed by atoms with Gasteiger partial charge in [-0.05, 0) is 30.9 Å². The van der Waals surface area contributed by atoms with E-state index in [0.717, 1.165) is 18.3 Å². The third-order valence-corrected chi connectivity index (χ3v) is 2.89. The molecule has 0 aromatic heterocycles. The standard InChI is InChI=1S/C15H24O/c1-3-5-10-14(9-4-2)13-16-15-11-7-6-8-12-15/h6-8,11-12,14H,3-5,9-10,13H2,1-2H3. The average molecular weight is 220 g/mol. The monoisotopic (exact) mass is 220 g/mol. The molecule has 0 N–H and O–H groups in total. The van der Waals surface area contributed by atoms with Crippen LogP contribution in [0.15, 0.2) is 30.3 Å². The molecule has 0 bridgehead atoms. The number of ether oxygens (including phenoxy) is 1. The van der Waals surface area contributed by atoms with Crippen molar-refractivity contribution < 1.29 is 4.74 Å². The number of benzene rings is 1. The molecule has 0 fully saturated rings. The summed E-state index contributed by atoms with van der Waals surface area (Å²) in [5, 5.41) is 0. The van der Waals surface area contributed by atoms with Gasteiger partial charge in [0.2, 0.25) is 0 Å². The fourth-order valence-electron chi connectivity index (χ4n) is 1.94. The summed E-state index contributed by atoms with van der Waals surface area (Å²) in [6, 6.07) is 10.1. The predicted octanol–water partition coefficient (Wildman–Crippen LogP) is 4.67. The maximum absolute atomic E-state index is 5.82. The van der Waals surface area contributed by atoms with Gasteiger partial charge in [-0.3, -0.25) is 0 Å². The molecular formula is C15H24O. The van der Waals surface area contributed by atoms with Crippen LogP contribution in [-0.4, -0.2) is 6.61 Å². The Hall–Kier alpha value is -0.980. The number of hydrogen-bond acceptors (Lipinski definition) is 1. The van der Waals surface area contributed by atoms with Gasteiger partial charge in [0.1, 0.15) is 5.75 Å². The van der Waals surface area contributed by atoms with Gasteiger partial charge in [-0.2, -0.15) is 0 Å². The zero-order chi connectivity index (χ0) is 11.6. The van der Waals surface area contributed by atoms with Crippen molar-refractivity contribution in [3.8, 4) is 5.75 Å². The highest BCUT2D eigenvalue weighted by atomic mass is 16.5. The van der Waals surface area contributed by atoms with Crippen molar-refractivity contribution in [1.82, 2.24) is 0 Å². The van der Waals surface area contributed by atoms with Crippen LogP contribution in [0, 0.1) is 5.92 Å². The Morgan fingerprint density at radius 2 is 1.75 bits per heavy atom. The molecule has 1 atom stereocenters. The predicted molar refractivity (Wildman–Crippen MR) is 69.9 cm³/mol. The van der Waals surface area contributed by atoms with E-state index in [1.165, 1.54) is 32.1 Å². The van der Waals surface area contributed by atoms with E-state index in [-0.39, 0.29) is 0 Å². The molecule has 1 aromatic carbocycles. The molecule has 1 rings (SSSR count). The van der Waals surface area contributed by atoms with Crippen LogP contribution in [-0.2, 0) is 0 Å². The van der Waals surface area contributed by atoms with E-state index in [4.69, 9.17) is 4.74 Å². The number of hydrogen-bond donors (Lipinski definition) is 0. The molecule has 1 nitrogen and oxygen atoms in total. The smallest absolute Gasteiger partial charge is 0.119 e. The highest BCUT2D eigenvalue weighted by molar-refractivity contribution is 5.20. The van der Waals surface area contributed by atoms with Gasteiger partial charge in [0, 0.05) is 0 Å². The Morgan fingerprint density at radius 3 is 2.38 bits per heavy atom. The fourth-order valence-corrected chi connectivity index (χ4v) is 1.94. The Labute approximate surface area is 99.8 Å². The SMILES string of the molecule is CCCCC(CCC)COc1ccccc1. The first-order chi connectivity index (χ1) is 7.86. The van der Waals surface area contributed by atoms with Crippen molar-refractivity contribution in [1.29, 1.82) is 0 Å². The lowest BCUT2D eigenvalue weighted by Crippen LogP contribution is -2.12. The molecule has 0 saturated carbocycles. The maximum atomic E-state index is 5.82. The minimum Gasteiger partial charge on any atom is -0.493 e. The molecule has 1 heteroatoms. The summed E-state index contributed by atoms with van der Waals surface area (Å²) in [6.07, 6.45) is 6.45. The molecule has 1 aromatic rings. The van der Waals surface area contributed by atoms with Crippen LogP contribution in [0.25, 0.3) is 0 Å². The minimum atomic E-state index is 0.727. The normalized spacial score (nSPS) is 12.4. The first kappa shape index (κ1) is 13.1. The minimum absolute atomic E-state index is 0.727. The molecule has 0 aliphatic carbocycles. The first-order valence-electron chi connectivity index (χ1n) is 6.54. The van der Waals surface area contributed by atoms with E-state index in [2.05, 4.69) is 13.8 Å². The molecular weight excluding hydrogens is 196 g/mol. The quantitative estimate of drug-likeness (QED) is 0.618. The molecule has 16 heavy (non-hydrogen) atoms. The summed E-state index contributed by atoms with van der Waals surface area (Å²) in [6.45, 7) is 5.38. The Kier molecular flexibility index (Phi) is 6.71. The molecule has 0 aliphatic heterocycles. The second kappa shape index (κ2) is 8.20. The van der Waals surface area contributed by atoms with E-state index in [0.29, 0.717) is 0 Å². The Morgan fingerprint density at radius 1 is 1.00 bits per heavy atom. The molecule has 0 amide bonds. The average Bonchev–Trinajstić information content (AvgIpc) is 2.34. The summed E-state index contributed by atoms with van der Waals surface area (Å²) in [5.41, 5.74) is 0. The topological polar surface area (TPSA) is 9.23 Å². The van der Waals surface area contributed by atoms with Crippen molar-refractivity contribution in [3.05, 3.63) is 30.3 Å². The van der Waals surface area contributed by atoms with Gasteiger partial charge in [0.15, 0.2) is 0 Å². The summed E-state index contributed by atoms with van der Waals surface area (Å²) in [4.78, 5) is 0. The van der Waals surface area contributed by atoms with Gasteiger partial charge < -0.3 is 4.74 Å². The van der Waals surface area contributed by atoms with E-state index < -0.39 is 0 Å². The van der Waals surface area contributed by atoms with Crippen molar-refractivity contribution in [3.63, 3.8) is 0 Å². The summed E-state index contributed by atoms with van der Waals surface area (Å²) >= 11 is 0. The van der Waals surface area contributed by atoms with Gasteiger partial charge in [0.25, 0.3) is 0 Å². The highest BCUT2D eigenvalue weighted by Crippen LogP contribution is 2.17. The van der Waals surface area contributed by atoms with Crippen molar-refractivity contribution in [2.24, 2.45) is 5.92 Å². The molecule has 0 heterocycles. The largest absolute Gasteiger partial charge is 0.493 e. The number of para-hydroxylation sites is 1. The van der Waals surface area contributed by atoms with Crippen molar-refractivity contribution >= 4 is 0 Å². The zero-order valence-electron chi connectivity index (χ0n) is 10.6. The van der Waals surface area contributed by atoms with Crippen LogP contribution in [0.1, 0.15) is 46.0 Å². The van der Waals surface area contributed by atoms with Crippen molar-refractivity contribution in [2.75, 3.05) is 6.61 Å². The van der Waals surface area contributed by atoms with E-state index in [1.54, 1.807) is 0 Å². The molecule has 0 aliphatic rings. The van der Waals surface area contributed by atoms with E-state index in [1.807, 2.05) is 30.3 Å². The molecule has 0 radical (unpaired) electrons. The van der Waals surface area contributed by atoms with Crippen LogP contribution >= 0.6 is 0 Å². The lowest BCUT2D eigenvalue weighted by atomic mass is 9.98. The number of unbranched alkanes of at least 4 members (excludes halogenated alkanes) is 1. The lowest BCUT2D eigenvalue weighted by molar-refractivity contribution is 0.228. The molecule has 1 unspecified atom stereocenters. The van der Waals surface area contributed by atoms with Gasteiger partial charge in [-0.15, -0.1) is 0 Å². The second-order valence-corrected chi connectivity index (χ2v) is 4.42. The Balaban J connectivity index is 2.31. The van der Waals surface area contributed by atoms with E-state index in [9.17, 15) is 0 Å². The van der Waals surface area contributed by atoms with Crippen LogP contribution in [0.3, 0.4) is 0 Å². The van der Waals surface area contributed by atoms with Gasteiger partial charge >= 0.3 is 0 Å². The third-order valence-electron chi connectivity index (χ3n) is 2.89. The summed E-state index contributed by atoms with van der Waals surface area (Å²) in [5.74, 6) is 1.73. The third kappa shape index (κ3) is 5.20. The van der Waals surface area contributed by atoms with Crippen molar-refractivity contribution in [2.45, 2.75) is 46.0 Å². The summed E-state index contributed by atoms with van der Waals surface area (Å²) in [7, 11) is 0. The zero-order valence-corrected chi connectivity index (χ0v) is 10.6. The number of rotatable bonds is 8. The second-order valence-electron chi connectivity index (χ2n) is 4.42. The van der Waals surface area contributed by atoms with Crippen LogP contribution in [0.5, 0.6) is 5.75 Å². The molecule has 90 valence electrons. The van der Waals surface area contributed by atoms with Gasteiger partial charge in [-0.25, -0.2) is 0 Å². The Bertz CT molecular complexity index is 255. The maximum Gasteiger partial charge on any atom is 0.119 e. The van der Waals surface area contributed by atoms with Crippen LogP contribution in [0.2, 0.25) is 0 Å². The van der Waals surface area contributed by atoms with E-state index >= 15 is 0 Å². The molecule has 0 spiro atoms. The van der Waals surface area contributed by atoms with Gasteiger partial charge in [-0.1, -0.05) is 51.3 Å². The molecule has 0 saturated heterocycles. The van der Waals surface area contributed by atoms with Crippen LogP contribution in [0.4, 0.5) is 0 Å². The van der Waals surface area contributed by atoms with Crippen LogP contribution < -0.4 is 4.74 Å². The summed E-state index contributed by atoms with van der Waals surface area (Å²) < 4.78 is 5.82. The van der Waals surface area contributed by atoms with Gasteiger partial charge in [0.05, 0.1) is 6.61 Å². The highest BCUT2D eigenvalue weighted by Gasteiger charge is 2.07. The first-order valence-corrected chi connectivity index (χ1v) is 6.54.